The molecule has 1 rings (SSSR count). The maximum atomic E-state index is 12.7. The zero-order valence-corrected chi connectivity index (χ0v) is 26.2. The van der Waals surface area contributed by atoms with Crippen LogP contribution in [0.15, 0.2) is 24.3 Å². The van der Waals surface area contributed by atoms with Crippen molar-refractivity contribution in [3.05, 3.63) is 24.3 Å². The number of rotatable bonds is 25. The molecule has 0 spiro atoms. The number of hydrogen-bond donors (Lipinski definition) is 6. The molecule has 0 radical (unpaired) electrons. The van der Waals surface area contributed by atoms with Crippen LogP contribution in [0.4, 0.5) is 0 Å². The summed E-state index contributed by atoms with van der Waals surface area (Å²) in [5, 5.41) is 53.5. The Balaban J connectivity index is 2.58. The van der Waals surface area contributed by atoms with Crippen molar-refractivity contribution in [2.24, 2.45) is 0 Å². The SMILES string of the molecule is CCCCCC/C=C/CC/C=C/[C@@H](O)[C@H](CO[C@@H]1O[C@H](CO)[C@@H](O)C(O)C1O)NC(=O)CCCCCCCCCCC. The Bertz CT molecular complexity index is 716. The molecule has 246 valence electrons. The molecule has 42 heavy (non-hydrogen) atoms. The summed E-state index contributed by atoms with van der Waals surface area (Å²) in [7, 11) is 0. The maximum absolute atomic E-state index is 12.7. The summed E-state index contributed by atoms with van der Waals surface area (Å²) in [6.45, 7) is 3.64. The second kappa shape index (κ2) is 25.0. The number of amides is 1. The maximum Gasteiger partial charge on any atom is 0.220 e. The second-order valence-corrected chi connectivity index (χ2v) is 11.6. The predicted molar refractivity (Wildman–Crippen MR) is 166 cm³/mol. The molecule has 2 unspecified atom stereocenters. The van der Waals surface area contributed by atoms with Gasteiger partial charge in [0.05, 0.1) is 25.4 Å². The van der Waals surface area contributed by atoms with Crippen LogP contribution < -0.4 is 5.32 Å². The van der Waals surface area contributed by atoms with E-state index in [2.05, 4.69) is 31.3 Å². The molecule has 1 aliphatic rings. The molecule has 0 bridgehead atoms. The number of carbonyl (C=O) groups is 1. The van der Waals surface area contributed by atoms with Crippen LogP contribution in [0.3, 0.4) is 0 Å². The lowest BCUT2D eigenvalue weighted by atomic mass is 9.99. The molecule has 0 aromatic carbocycles. The van der Waals surface area contributed by atoms with Crippen LogP contribution in [-0.2, 0) is 14.3 Å². The van der Waals surface area contributed by atoms with Gasteiger partial charge in [-0.1, -0.05) is 109 Å². The number of aliphatic hydroxyl groups excluding tert-OH is 5. The number of unbranched alkanes of at least 4 members (excludes halogenated alkanes) is 13. The highest BCUT2D eigenvalue weighted by atomic mass is 16.7. The van der Waals surface area contributed by atoms with Crippen molar-refractivity contribution in [1.29, 1.82) is 0 Å². The fourth-order valence-corrected chi connectivity index (χ4v) is 4.99. The van der Waals surface area contributed by atoms with Gasteiger partial charge in [-0.3, -0.25) is 4.79 Å². The molecule has 0 aliphatic carbocycles. The van der Waals surface area contributed by atoms with Gasteiger partial charge in [-0.2, -0.15) is 0 Å². The normalized spacial score (nSPS) is 24.4. The van der Waals surface area contributed by atoms with E-state index in [9.17, 15) is 30.3 Å². The van der Waals surface area contributed by atoms with E-state index >= 15 is 0 Å². The van der Waals surface area contributed by atoms with Crippen LogP contribution >= 0.6 is 0 Å². The average molecular weight is 600 g/mol. The molecule has 1 fully saturated rings. The summed E-state index contributed by atoms with van der Waals surface area (Å²) in [6, 6.07) is -0.811. The molecule has 0 aromatic rings. The standard InChI is InChI=1S/C33H61NO8/c1-3-5-7-9-11-13-15-16-18-20-22-27(36)26(25-41-33-32(40)31(39)30(38)28(24-35)42-33)34-29(37)23-21-19-17-14-12-10-8-6-4-2/h13,15,20,22,26-28,30-33,35-36,38-40H,3-12,14,16-19,21,23-25H2,1-2H3,(H,34,37)/b15-13+,22-20+/t26-,27+,28+,30+,31?,32?,33+/m0/s1. The van der Waals surface area contributed by atoms with Crippen LogP contribution in [0.5, 0.6) is 0 Å². The van der Waals surface area contributed by atoms with Gasteiger partial charge in [0, 0.05) is 6.42 Å². The molecule has 9 heteroatoms. The zero-order valence-electron chi connectivity index (χ0n) is 26.2. The molecular formula is C33H61NO8. The fraction of sp³-hybridized carbons (Fsp3) is 0.848. The van der Waals surface area contributed by atoms with Crippen LogP contribution in [0, 0.1) is 0 Å². The summed E-state index contributed by atoms with van der Waals surface area (Å²) < 4.78 is 11.1. The van der Waals surface area contributed by atoms with Crippen molar-refractivity contribution in [3.63, 3.8) is 0 Å². The van der Waals surface area contributed by atoms with Gasteiger partial charge in [0.2, 0.25) is 5.91 Å². The minimum absolute atomic E-state index is 0.196. The van der Waals surface area contributed by atoms with Gasteiger partial charge in [-0.05, 0) is 32.1 Å². The van der Waals surface area contributed by atoms with E-state index in [4.69, 9.17) is 9.47 Å². The molecule has 1 amide bonds. The largest absolute Gasteiger partial charge is 0.394 e. The molecule has 0 aromatic heterocycles. The van der Waals surface area contributed by atoms with E-state index in [0.29, 0.717) is 6.42 Å². The third-order valence-corrected chi connectivity index (χ3v) is 7.78. The first-order valence-corrected chi connectivity index (χ1v) is 16.6. The number of hydrogen-bond acceptors (Lipinski definition) is 8. The van der Waals surface area contributed by atoms with Crippen molar-refractivity contribution in [2.45, 2.75) is 166 Å². The van der Waals surface area contributed by atoms with Gasteiger partial charge >= 0.3 is 0 Å². The van der Waals surface area contributed by atoms with Gasteiger partial charge in [-0.15, -0.1) is 0 Å². The van der Waals surface area contributed by atoms with Crippen LogP contribution in [-0.4, -0.2) is 87.5 Å². The monoisotopic (exact) mass is 599 g/mol. The quantitative estimate of drug-likeness (QED) is 0.0667. The Kier molecular flexibility index (Phi) is 23.1. The van der Waals surface area contributed by atoms with Crippen LogP contribution in [0.25, 0.3) is 0 Å². The minimum atomic E-state index is -1.56. The fourth-order valence-electron chi connectivity index (χ4n) is 4.99. The zero-order chi connectivity index (χ0) is 31.0. The van der Waals surface area contributed by atoms with Gasteiger partial charge in [0.15, 0.2) is 6.29 Å². The topological polar surface area (TPSA) is 149 Å². The molecule has 7 atom stereocenters. The van der Waals surface area contributed by atoms with E-state index in [1.165, 1.54) is 64.2 Å². The highest BCUT2D eigenvalue weighted by Gasteiger charge is 2.44. The minimum Gasteiger partial charge on any atom is -0.394 e. The summed E-state index contributed by atoms with van der Waals surface area (Å²) in [5.74, 6) is -0.196. The van der Waals surface area contributed by atoms with Gasteiger partial charge in [0.1, 0.15) is 24.4 Å². The van der Waals surface area contributed by atoms with E-state index in [1.54, 1.807) is 6.08 Å². The molecular weight excluding hydrogens is 538 g/mol. The highest BCUT2D eigenvalue weighted by Crippen LogP contribution is 2.22. The van der Waals surface area contributed by atoms with Crippen LogP contribution in [0.1, 0.15) is 123 Å². The van der Waals surface area contributed by atoms with E-state index in [0.717, 1.165) is 38.5 Å². The van der Waals surface area contributed by atoms with Crippen molar-refractivity contribution >= 4 is 5.91 Å². The smallest absolute Gasteiger partial charge is 0.220 e. The van der Waals surface area contributed by atoms with Crippen molar-refractivity contribution in [2.75, 3.05) is 13.2 Å². The van der Waals surface area contributed by atoms with Gasteiger partial charge < -0.3 is 40.3 Å². The Morgan fingerprint density at radius 1 is 0.786 bits per heavy atom. The Hall–Kier alpha value is -1.33. The first kappa shape index (κ1) is 38.7. The third kappa shape index (κ3) is 17.1. The lowest BCUT2D eigenvalue weighted by Crippen LogP contribution is -2.60. The third-order valence-electron chi connectivity index (χ3n) is 7.78. The van der Waals surface area contributed by atoms with Crippen molar-refractivity contribution in [1.82, 2.24) is 5.32 Å². The van der Waals surface area contributed by atoms with Gasteiger partial charge in [-0.25, -0.2) is 0 Å². The first-order valence-electron chi connectivity index (χ1n) is 16.6. The first-order chi connectivity index (χ1) is 20.3. The number of carbonyl (C=O) groups excluding carboxylic acids is 1. The number of aliphatic hydroxyl groups is 5. The highest BCUT2D eigenvalue weighted by molar-refractivity contribution is 5.76. The average Bonchev–Trinajstić information content (AvgIpc) is 2.98. The van der Waals surface area contributed by atoms with Gasteiger partial charge in [0.25, 0.3) is 0 Å². The summed E-state index contributed by atoms with van der Waals surface area (Å²) in [5.41, 5.74) is 0. The van der Waals surface area contributed by atoms with Crippen LogP contribution in [0.2, 0.25) is 0 Å². The molecule has 1 heterocycles. The Morgan fingerprint density at radius 2 is 1.36 bits per heavy atom. The predicted octanol–water partition coefficient (Wildman–Crippen LogP) is 4.43. The molecule has 1 saturated heterocycles. The Morgan fingerprint density at radius 3 is 2.00 bits per heavy atom. The second-order valence-electron chi connectivity index (χ2n) is 11.6. The molecule has 6 N–H and O–H groups in total. The summed E-state index contributed by atoms with van der Waals surface area (Å²) in [4.78, 5) is 12.7. The van der Waals surface area contributed by atoms with E-state index in [-0.39, 0.29) is 12.5 Å². The summed E-state index contributed by atoms with van der Waals surface area (Å²) in [6.07, 6.45) is 18.1. The number of nitrogens with one attached hydrogen (secondary N) is 1. The van der Waals surface area contributed by atoms with Crippen molar-refractivity contribution < 1.29 is 39.8 Å². The number of ether oxygens (including phenoxy) is 2. The molecule has 0 saturated carbocycles. The van der Waals surface area contributed by atoms with Crippen molar-refractivity contribution in [3.8, 4) is 0 Å². The number of allylic oxidation sites excluding steroid dienone is 3. The lowest BCUT2D eigenvalue weighted by molar-refractivity contribution is -0.302. The van der Waals surface area contributed by atoms with E-state index in [1.807, 2.05) is 6.08 Å². The van der Waals surface area contributed by atoms with E-state index < -0.39 is 49.5 Å². The Labute approximate surface area is 254 Å². The molecule has 9 nitrogen and oxygen atoms in total. The molecule has 1 aliphatic heterocycles. The summed E-state index contributed by atoms with van der Waals surface area (Å²) >= 11 is 0. The lowest BCUT2D eigenvalue weighted by Gasteiger charge is -2.40.